The van der Waals surface area contributed by atoms with E-state index in [1.165, 1.54) is 19.1 Å². The Morgan fingerprint density at radius 3 is 2.66 bits per heavy atom. The van der Waals surface area contributed by atoms with Gasteiger partial charge in [-0.2, -0.15) is 4.98 Å². The SMILES string of the molecule is CC(=O)N(C)Cc1cccc(NC(=O)CCc2nc(-c3ccc(F)cc3)no2)c1. The standard InChI is InChI=1S/C21H21FN4O3/c1-14(27)26(2)13-15-4-3-5-18(12-15)23-19(28)10-11-20-24-21(25-29-20)16-6-8-17(22)9-7-16/h3-9,12H,10-11,13H2,1-2H3,(H,23,28). The average molecular weight is 396 g/mol. The highest BCUT2D eigenvalue weighted by Gasteiger charge is 2.11. The van der Waals surface area contributed by atoms with Crippen molar-refractivity contribution in [2.45, 2.75) is 26.3 Å². The Bertz CT molecular complexity index is 1000. The maximum atomic E-state index is 13.0. The Balaban J connectivity index is 1.54. The van der Waals surface area contributed by atoms with E-state index >= 15 is 0 Å². The molecule has 0 aliphatic rings. The molecule has 0 bridgehead atoms. The minimum absolute atomic E-state index is 0.0287. The number of hydrogen-bond donors (Lipinski definition) is 1. The molecule has 0 spiro atoms. The summed E-state index contributed by atoms with van der Waals surface area (Å²) in [5.41, 5.74) is 2.21. The zero-order valence-corrected chi connectivity index (χ0v) is 16.2. The lowest BCUT2D eigenvalue weighted by molar-refractivity contribution is -0.128. The summed E-state index contributed by atoms with van der Waals surface area (Å²) in [6.45, 7) is 1.97. The van der Waals surface area contributed by atoms with E-state index in [4.69, 9.17) is 4.52 Å². The second-order valence-electron chi connectivity index (χ2n) is 6.64. The van der Waals surface area contributed by atoms with Crippen LogP contribution >= 0.6 is 0 Å². The van der Waals surface area contributed by atoms with Crippen molar-refractivity contribution in [2.24, 2.45) is 0 Å². The number of aromatic nitrogens is 2. The number of carbonyl (C=O) groups excluding carboxylic acids is 2. The van der Waals surface area contributed by atoms with Gasteiger partial charge < -0.3 is 14.7 Å². The van der Waals surface area contributed by atoms with Crippen molar-refractivity contribution in [1.82, 2.24) is 15.0 Å². The van der Waals surface area contributed by atoms with Crippen molar-refractivity contribution in [1.29, 1.82) is 0 Å². The Hall–Kier alpha value is -3.55. The number of nitrogens with one attached hydrogen (secondary N) is 1. The third-order valence-corrected chi connectivity index (χ3v) is 4.30. The van der Waals surface area contributed by atoms with E-state index in [1.54, 1.807) is 30.1 Å². The lowest BCUT2D eigenvalue weighted by atomic mass is 10.2. The van der Waals surface area contributed by atoms with Crippen molar-refractivity contribution in [3.63, 3.8) is 0 Å². The van der Waals surface area contributed by atoms with Crippen LogP contribution in [0.2, 0.25) is 0 Å². The molecule has 7 nitrogen and oxygen atoms in total. The number of anilines is 1. The van der Waals surface area contributed by atoms with Gasteiger partial charge in [0.15, 0.2) is 0 Å². The number of aryl methyl sites for hydroxylation is 1. The second-order valence-corrected chi connectivity index (χ2v) is 6.64. The molecule has 2 amide bonds. The van der Waals surface area contributed by atoms with Crippen LogP contribution in [0.4, 0.5) is 10.1 Å². The van der Waals surface area contributed by atoms with Crippen molar-refractivity contribution in [3.8, 4) is 11.4 Å². The van der Waals surface area contributed by atoms with Crippen molar-refractivity contribution in [3.05, 3.63) is 65.8 Å². The monoisotopic (exact) mass is 396 g/mol. The summed E-state index contributed by atoms with van der Waals surface area (Å²) in [5.74, 6) is 0.118. The predicted molar refractivity (Wildman–Crippen MR) is 105 cm³/mol. The number of carbonyl (C=O) groups is 2. The first-order chi connectivity index (χ1) is 13.9. The minimum atomic E-state index is -0.342. The molecule has 0 radical (unpaired) electrons. The van der Waals surface area contributed by atoms with Crippen LogP contribution in [-0.4, -0.2) is 33.9 Å². The number of rotatable bonds is 7. The Morgan fingerprint density at radius 2 is 1.93 bits per heavy atom. The van der Waals surface area contributed by atoms with Gasteiger partial charge >= 0.3 is 0 Å². The van der Waals surface area contributed by atoms with Gasteiger partial charge in [-0.25, -0.2) is 4.39 Å². The molecule has 3 aromatic rings. The molecule has 0 fully saturated rings. The van der Waals surface area contributed by atoms with Crippen LogP contribution in [0.3, 0.4) is 0 Å². The van der Waals surface area contributed by atoms with Gasteiger partial charge in [0.1, 0.15) is 5.82 Å². The van der Waals surface area contributed by atoms with Crippen LogP contribution in [-0.2, 0) is 22.6 Å². The predicted octanol–water partition coefficient (Wildman–Crippen LogP) is 3.43. The molecule has 0 atom stereocenters. The molecule has 1 N–H and O–H groups in total. The van der Waals surface area contributed by atoms with Crippen LogP contribution < -0.4 is 5.32 Å². The molecular weight excluding hydrogens is 375 g/mol. The van der Waals surface area contributed by atoms with Crippen molar-refractivity contribution < 1.29 is 18.5 Å². The highest BCUT2D eigenvalue weighted by atomic mass is 19.1. The van der Waals surface area contributed by atoms with Crippen LogP contribution in [0.15, 0.2) is 53.1 Å². The van der Waals surface area contributed by atoms with Crippen LogP contribution in [0, 0.1) is 5.82 Å². The molecule has 8 heteroatoms. The van der Waals surface area contributed by atoms with Gasteiger partial charge in [0.25, 0.3) is 0 Å². The largest absolute Gasteiger partial charge is 0.342 e. The van der Waals surface area contributed by atoms with Crippen molar-refractivity contribution in [2.75, 3.05) is 12.4 Å². The number of benzene rings is 2. The van der Waals surface area contributed by atoms with Gasteiger partial charge in [-0.15, -0.1) is 0 Å². The Morgan fingerprint density at radius 1 is 1.17 bits per heavy atom. The summed E-state index contributed by atoms with van der Waals surface area (Å²) >= 11 is 0. The molecule has 0 saturated carbocycles. The van der Waals surface area contributed by atoms with Gasteiger partial charge in [-0.05, 0) is 42.0 Å². The molecular formula is C21H21FN4O3. The van der Waals surface area contributed by atoms with E-state index in [1.807, 2.05) is 18.2 Å². The molecule has 0 saturated heterocycles. The molecule has 0 unspecified atom stereocenters. The fraction of sp³-hybridized carbons (Fsp3) is 0.238. The Labute approximate surface area is 167 Å². The zero-order chi connectivity index (χ0) is 20.8. The summed E-state index contributed by atoms with van der Waals surface area (Å²) in [7, 11) is 1.72. The summed E-state index contributed by atoms with van der Waals surface area (Å²) in [5, 5.41) is 6.68. The normalized spacial score (nSPS) is 10.6. The summed E-state index contributed by atoms with van der Waals surface area (Å²) in [4.78, 5) is 29.4. The second kappa shape index (κ2) is 9.09. The maximum absolute atomic E-state index is 13.0. The van der Waals surface area contributed by atoms with Crippen LogP contribution in [0.25, 0.3) is 11.4 Å². The van der Waals surface area contributed by atoms with Gasteiger partial charge in [0, 0.05) is 44.6 Å². The zero-order valence-electron chi connectivity index (χ0n) is 16.2. The number of amides is 2. The van der Waals surface area contributed by atoms with Gasteiger partial charge in [0.2, 0.25) is 23.5 Å². The van der Waals surface area contributed by atoms with E-state index in [9.17, 15) is 14.0 Å². The van der Waals surface area contributed by atoms with Gasteiger partial charge in [-0.1, -0.05) is 17.3 Å². The molecule has 1 aromatic heterocycles. The molecule has 29 heavy (non-hydrogen) atoms. The van der Waals surface area contributed by atoms with E-state index < -0.39 is 0 Å². The van der Waals surface area contributed by atoms with Crippen LogP contribution in [0.1, 0.15) is 24.8 Å². The smallest absolute Gasteiger partial charge is 0.227 e. The molecule has 150 valence electrons. The first kappa shape index (κ1) is 20.2. The lowest BCUT2D eigenvalue weighted by Gasteiger charge is -2.15. The van der Waals surface area contributed by atoms with Gasteiger partial charge in [0.05, 0.1) is 0 Å². The molecule has 3 rings (SSSR count). The van der Waals surface area contributed by atoms with Crippen LogP contribution in [0.5, 0.6) is 0 Å². The first-order valence-electron chi connectivity index (χ1n) is 9.10. The molecule has 1 heterocycles. The summed E-state index contributed by atoms with van der Waals surface area (Å²) < 4.78 is 18.2. The Kier molecular flexibility index (Phi) is 6.33. The third-order valence-electron chi connectivity index (χ3n) is 4.30. The van der Waals surface area contributed by atoms with E-state index in [2.05, 4.69) is 15.5 Å². The highest BCUT2D eigenvalue weighted by Crippen LogP contribution is 2.17. The molecule has 0 aliphatic heterocycles. The molecule has 2 aromatic carbocycles. The number of nitrogens with zero attached hydrogens (tertiary/aromatic N) is 3. The van der Waals surface area contributed by atoms with E-state index in [0.717, 1.165) is 5.56 Å². The first-order valence-corrected chi connectivity index (χ1v) is 9.10. The van der Waals surface area contributed by atoms with Gasteiger partial charge in [-0.3, -0.25) is 9.59 Å². The number of hydrogen-bond acceptors (Lipinski definition) is 5. The fourth-order valence-corrected chi connectivity index (χ4v) is 2.65. The quantitative estimate of drug-likeness (QED) is 0.661. The van der Waals surface area contributed by atoms with Crippen molar-refractivity contribution >= 4 is 17.5 Å². The fourth-order valence-electron chi connectivity index (χ4n) is 2.65. The topological polar surface area (TPSA) is 88.3 Å². The average Bonchev–Trinajstić information content (AvgIpc) is 3.16. The van der Waals surface area contributed by atoms with E-state index in [0.29, 0.717) is 29.5 Å². The molecule has 0 aliphatic carbocycles. The summed E-state index contributed by atoms with van der Waals surface area (Å²) in [6, 6.07) is 13.1. The summed E-state index contributed by atoms with van der Waals surface area (Å²) in [6.07, 6.45) is 0.454. The minimum Gasteiger partial charge on any atom is -0.342 e. The highest BCUT2D eigenvalue weighted by molar-refractivity contribution is 5.90. The third kappa shape index (κ3) is 5.71. The maximum Gasteiger partial charge on any atom is 0.227 e. The van der Waals surface area contributed by atoms with E-state index in [-0.39, 0.29) is 30.5 Å². The number of halogens is 1. The lowest BCUT2D eigenvalue weighted by Crippen LogP contribution is -2.23.